The van der Waals surface area contributed by atoms with Gasteiger partial charge in [-0.3, -0.25) is 0 Å². The summed E-state index contributed by atoms with van der Waals surface area (Å²) in [7, 11) is 1.59. The molecule has 0 radical (unpaired) electrons. The number of thioether (sulfide) groups is 1. The van der Waals surface area contributed by atoms with Gasteiger partial charge in [0, 0.05) is 17.0 Å². The minimum atomic E-state index is -0.645. The lowest BCUT2D eigenvalue weighted by Crippen LogP contribution is -2.31. The molecule has 0 saturated heterocycles. The Morgan fingerprint density at radius 3 is 2.73 bits per heavy atom. The molecular weight excluding hydrogens is 550 g/mol. The largest absolute Gasteiger partial charge is 0.493 e. The van der Waals surface area contributed by atoms with Gasteiger partial charge >= 0.3 is 5.97 Å². The van der Waals surface area contributed by atoms with Crippen molar-refractivity contribution in [2.45, 2.75) is 37.1 Å². The lowest BCUT2D eigenvalue weighted by molar-refractivity contribution is -0.139. The third-order valence-electron chi connectivity index (χ3n) is 6.12. The molecule has 1 aliphatic heterocycles. The van der Waals surface area contributed by atoms with Crippen molar-refractivity contribution in [3.05, 3.63) is 65.4 Å². The normalized spacial score (nSPS) is 14.4. The van der Waals surface area contributed by atoms with Crippen molar-refractivity contribution in [3.8, 4) is 22.1 Å². The van der Waals surface area contributed by atoms with Crippen LogP contribution in [0.2, 0.25) is 0 Å². The zero-order chi connectivity index (χ0) is 27.9. The summed E-state index contributed by atoms with van der Waals surface area (Å²) < 4.78 is 19.4. The molecule has 40 heavy (non-hydrogen) atoms. The van der Waals surface area contributed by atoms with E-state index < -0.39 is 12.0 Å². The molecule has 11 nitrogen and oxygen atoms in total. The molecular formula is C27H29N7O4S2. The molecule has 3 heterocycles. The van der Waals surface area contributed by atoms with Gasteiger partial charge in [-0.2, -0.15) is 4.68 Å². The Balaban J connectivity index is 1.49. The first kappa shape index (κ1) is 27.6. The lowest BCUT2D eigenvalue weighted by Gasteiger charge is -2.28. The number of aromatic nitrogens is 6. The van der Waals surface area contributed by atoms with Crippen molar-refractivity contribution in [2.75, 3.05) is 31.4 Å². The minimum absolute atomic E-state index is 0.225. The molecule has 1 N–H and O–H groups in total. The Bertz CT molecular complexity index is 1490. The monoisotopic (exact) mass is 579 g/mol. The molecule has 13 heteroatoms. The van der Waals surface area contributed by atoms with Gasteiger partial charge in [0.25, 0.3) is 0 Å². The number of methoxy groups -OCH3 is 1. The van der Waals surface area contributed by atoms with Crippen LogP contribution in [0.1, 0.15) is 38.3 Å². The molecule has 0 spiro atoms. The van der Waals surface area contributed by atoms with Gasteiger partial charge in [-0.05, 0) is 41.5 Å². The van der Waals surface area contributed by atoms with E-state index >= 15 is 0 Å². The van der Waals surface area contributed by atoms with Gasteiger partial charge in [-0.1, -0.05) is 77.9 Å². The minimum Gasteiger partial charge on any atom is -0.493 e. The molecule has 4 aromatic rings. The Morgan fingerprint density at radius 1 is 1.10 bits per heavy atom. The average molecular weight is 580 g/mol. The van der Waals surface area contributed by atoms with Crippen LogP contribution in [-0.2, 0) is 9.53 Å². The van der Waals surface area contributed by atoms with E-state index in [0.717, 1.165) is 33.3 Å². The summed E-state index contributed by atoms with van der Waals surface area (Å²) >= 11 is 2.96. The van der Waals surface area contributed by atoms with Crippen molar-refractivity contribution in [1.29, 1.82) is 0 Å². The number of tetrazole rings is 1. The van der Waals surface area contributed by atoms with Crippen LogP contribution < -0.4 is 14.8 Å². The molecule has 2 aromatic carbocycles. The molecule has 0 fully saturated rings. The van der Waals surface area contributed by atoms with Crippen LogP contribution in [0, 0.1) is 0 Å². The average Bonchev–Trinajstić information content (AvgIpc) is 3.66. The highest BCUT2D eigenvalue weighted by Crippen LogP contribution is 2.40. The molecule has 1 atom stereocenters. The van der Waals surface area contributed by atoms with Crippen molar-refractivity contribution in [1.82, 2.24) is 30.4 Å². The van der Waals surface area contributed by atoms with Crippen LogP contribution >= 0.6 is 23.1 Å². The third kappa shape index (κ3) is 5.94. The maximum atomic E-state index is 13.4. The van der Waals surface area contributed by atoms with Crippen LogP contribution in [-0.4, -0.2) is 62.5 Å². The van der Waals surface area contributed by atoms with Crippen molar-refractivity contribution >= 4 is 35.0 Å². The number of benzene rings is 2. The number of nitrogens with zero attached hydrogens (tertiary/aromatic N) is 6. The van der Waals surface area contributed by atoms with Crippen LogP contribution in [0.15, 0.2) is 64.1 Å². The predicted octanol–water partition coefficient (Wildman–Crippen LogP) is 5.00. The number of esters is 1. The predicted molar refractivity (Wildman–Crippen MR) is 153 cm³/mol. The number of anilines is 1. The van der Waals surface area contributed by atoms with Gasteiger partial charge in [-0.25, -0.2) is 4.79 Å². The summed E-state index contributed by atoms with van der Waals surface area (Å²) in [4.78, 5) is 13.4. The van der Waals surface area contributed by atoms with Gasteiger partial charge in [0.05, 0.1) is 25.9 Å². The molecule has 1 unspecified atom stereocenters. The van der Waals surface area contributed by atoms with E-state index in [9.17, 15) is 4.79 Å². The number of carbonyl (C=O) groups is 1. The summed E-state index contributed by atoms with van der Waals surface area (Å²) in [5.74, 6) is 1.55. The SMILES string of the molecule is CCCCOc1ccc(C2C(C(=O)OCC)=C(CSc3nnc(-c4ccccc4)s3)Nc3nnnn32)cc1OC. The Kier molecular flexibility index (Phi) is 8.91. The molecule has 0 saturated carbocycles. The Labute approximate surface area is 239 Å². The van der Waals surface area contributed by atoms with Crippen LogP contribution in [0.4, 0.5) is 5.95 Å². The first-order valence-corrected chi connectivity index (χ1v) is 14.7. The topological polar surface area (TPSA) is 126 Å². The van der Waals surface area contributed by atoms with Gasteiger partial charge in [-0.15, -0.1) is 10.2 Å². The van der Waals surface area contributed by atoms with Gasteiger partial charge in [0.1, 0.15) is 11.0 Å². The fraction of sp³-hybridized carbons (Fsp3) is 0.333. The quantitative estimate of drug-likeness (QED) is 0.138. The maximum Gasteiger partial charge on any atom is 0.338 e. The summed E-state index contributed by atoms with van der Waals surface area (Å²) in [5.41, 5.74) is 2.80. The van der Waals surface area contributed by atoms with E-state index in [-0.39, 0.29) is 6.61 Å². The number of fused-ring (bicyclic) bond motifs is 1. The lowest BCUT2D eigenvalue weighted by atomic mass is 9.95. The van der Waals surface area contributed by atoms with Gasteiger partial charge < -0.3 is 19.5 Å². The maximum absolute atomic E-state index is 13.4. The molecule has 5 rings (SSSR count). The zero-order valence-electron chi connectivity index (χ0n) is 22.4. The molecule has 1 aliphatic rings. The second kappa shape index (κ2) is 12.9. The Morgan fingerprint density at radius 2 is 1.95 bits per heavy atom. The number of carbonyl (C=O) groups excluding carboxylic acids is 1. The first-order valence-electron chi connectivity index (χ1n) is 12.9. The summed E-state index contributed by atoms with van der Waals surface area (Å²) in [6, 6.07) is 14.8. The van der Waals surface area contributed by atoms with Gasteiger partial charge in [0.15, 0.2) is 15.8 Å². The van der Waals surface area contributed by atoms with Crippen LogP contribution in [0.5, 0.6) is 11.5 Å². The molecule has 0 aliphatic carbocycles. The van der Waals surface area contributed by atoms with E-state index in [1.165, 1.54) is 23.1 Å². The standard InChI is InChI=1S/C27H29N7O4S2/c1-4-6-14-38-20-13-12-18(15-21(20)36-3)23-22(25(35)37-5-2)19(28-26-30-32-33-34(23)26)16-39-27-31-29-24(40-27)17-10-8-7-9-11-17/h7-13,15,23H,4-6,14,16H2,1-3H3,(H,28,30,33). The second-order valence-corrected chi connectivity index (χ2v) is 10.9. The highest BCUT2D eigenvalue weighted by atomic mass is 32.2. The third-order valence-corrected chi connectivity index (χ3v) is 8.25. The molecule has 0 amide bonds. The van der Waals surface area contributed by atoms with Crippen molar-refractivity contribution in [3.63, 3.8) is 0 Å². The number of nitrogens with one attached hydrogen (secondary N) is 1. The number of hydrogen-bond acceptors (Lipinski definition) is 12. The summed E-state index contributed by atoms with van der Waals surface area (Å²) in [5, 5.41) is 24.9. The van der Waals surface area contributed by atoms with Gasteiger partial charge in [0.2, 0.25) is 5.95 Å². The van der Waals surface area contributed by atoms with E-state index in [1.54, 1.807) is 18.7 Å². The van der Waals surface area contributed by atoms with E-state index in [4.69, 9.17) is 14.2 Å². The summed E-state index contributed by atoms with van der Waals surface area (Å²) in [6.07, 6.45) is 1.96. The van der Waals surface area contributed by atoms with Crippen molar-refractivity contribution in [2.24, 2.45) is 0 Å². The number of ether oxygens (including phenoxy) is 3. The zero-order valence-corrected chi connectivity index (χ0v) is 24.0. The molecule has 2 aromatic heterocycles. The highest BCUT2D eigenvalue weighted by molar-refractivity contribution is 8.01. The Hall–Kier alpha value is -3.97. The number of rotatable bonds is 12. The summed E-state index contributed by atoms with van der Waals surface area (Å²) in [6.45, 7) is 4.70. The van der Waals surface area contributed by atoms with Crippen LogP contribution in [0.3, 0.4) is 0 Å². The van der Waals surface area contributed by atoms with Crippen molar-refractivity contribution < 1.29 is 19.0 Å². The highest BCUT2D eigenvalue weighted by Gasteiger charge is 2.36. The number of unbranched alkanes of at least 4 members (excludes halogenated alkanes) is 1. The molecule has 208 valence electrons. The van der Waals surface area contributed by atoms with Crippen LogP contribution in [0.25, 0.3) is 10.6 Å². The second-order valence-electron chi connectivity index (χ2n) is 8.73. The van der Waals surface area contributed by atoms with E-state index in [2.05, 4.69) is 38.0 Å². The van der Waals surface area contributed by atoms with E-state index in [1.807, 2.05) is 48.5 Å². The van der Waals surface area contributed by atoms with E-state index in [0.29, 0.717) is 41.1 Å². The smallest absolute Gasteiger partial charge is 0.338 e. The molecule has 0 bridgehead atoms. The fourth-order valence-corrected chi connectivity index (χ4v) is 6.03. The number of hydrogen-bond donors (Lipinski definition) is 1. The first-order chi connectivity index (χ1) is 19.6. The fourth-order valence-electron chi connectivity index (χ4n) is 4.20.